The fourth-order valence-corrected chi connectivity index (χ4v) is 10.2. The highest BCUT2D eigenvalue weighted by Crippen LogP contribution is 2.50. The van der Waals surface area contributed by atoms with Gasteiger partial charge in [-0.2, -0.15) is 0 Å². The van der Waals surface area contributed by atoms with E-state index in [9.17, 15) is 8.78 Å². The minimum Gasteiger partial charge on any atom is -0.308 e. The molecule has 4 heterocycles. The van der Waals surface area contributed by atoms with Crippen molar-refractivity contribution in [1.82, 2.24) is 28.7 Å². The van der Waals surface area contributed by atoms with Crippen molar-refractivity contribution in [1.29, 1.82) is 0 Å². The molecule has 8 heteroatoms. The lowest BCUT2D eigenvalue weighted by Crippen LogP contribution is -2.00. The Balaban J connectivity index is 1.25. The van der Waals surface area contributed by atoms with E-state index in [0.29, 0.717) is 28.6 Å². The van der Waals surface area contributed by atoms with E-state index in [1.54, 1.807) is 24.3 Å². The second-order valence-corrected chi connectivity index (χ2v) is 17.8. The van der Waals surface area contributed by atoms with Crippen LogP contribution in [0.3, 0.4) is 0 Å². The van der Waals surface area contributed by atoms with Gasteiger partial charge in [0.25, 0.3) is 0 Å². The molecule has 68 heavy (non-hydrogen) atoms. The first-order chi connectivity index (χ1) is 33.3. The molecule has 0 spiro atoms. The highest BCUT2D eigenvalue weighted by Gasteiger charge is 2.29. The summed E-state index contributed by atoms with van der Waals surface area (Å²) in [6, 6.07) is 62.7. The number of nitrogens with zero attached hydrogens (tertiary/aromatic N) is 6. The van der Waals surface area contributed by atoms with E-state index >= 15 is 0 Å². The summed E-state index contributed by atoms with van der Waals surface area (Å²) in [4.78, 5) is 15.0. The van der Waals surface area contributed by atoms with E-state index in [-0.39, 0.29) is 11.6 Å². The van der Waals surface area contributed by atoms with Crippen molar-refractivity contribution in [2.24, 2.45) is 0 Å². The second kappa shape index (κ2) is 15.2. The molecular formula is C60H40F2N6. The predicted octanol–water partition coefficient (Wildman–Crippen LogP) is 15.4. The van der Waals surface area contributed by atoms with Crippen molar-refractivity contribution in [2.75, 3.05) is 0 Å². The van der Waals surface area contributed by atoms with Gasteiger partial charge in [0.2, 0.25) is 0 Å². The molecule has 13 rings (SSSR count). The molecule has 0 amide bonds. The van der Waals surface area contributed by atoms with Gasteiger partial charge in [-0.1, -0.05) is 89.5 Å². The SMILES string of the molecule is Cc1ccc(-n2c3ccccc3c3c2c2c4ccccc4n(-c4ccc(C)cc4)c2c2c4cc(-c5nc(-c6ccc(F)cc6)nc(-c6ccc(F)cc6)n5)ccc4n(-c4ccc(C)cc4)c32)cc1. The molecule has 324 valence electrons. The van der Waals surface area contributed by atoms with Gasteiger partial charge in [0.1, 0.15) is 11.6 Å². The van der Waals surface area contributed by atoms with E-state index in [1.165, 1.54) is 41.0 Å². The summed E-state index contributed by atoms with van der Waals surface area (Å²) in [6.45, 7) is 6.37. The normalized spacial score (nSPS) is 11.9. The first-order valence-electron chi connectivity index (χ1n) is 22.7. The minimum atomic E-state index is -0.359. The van der Waals surface area contributed by atoms with E-state index < -0.39 is 0 Å². The van der Waals surface area contributed by atoms with Gasteiger partial charge in [0, 0.05) is 66.1 Å². The van der Waals surface area contributed by atoms with Gasteiger partial charge in [0.05, 0.1) is 33.1 Å². The van der Waals surface area contributed by atoms with Gasteiger partial charge in [0.15, 0.2) is 17.5 Å². The van der Waals surface area contributed by atoms with Gasteiger partial charge in [-0.15, -0.1) is 0 Å². The van der Waals surface area contributed by atoms with Crippen LogP contribution in [0.4, 0.5) is 8.78 Å². The zero-order valence-electron chi connectivity index (χ0n) is 37.3. The average Bonchev–Trinajstić information content (AvgIpc) is 4.01. The van der Waals surface area contributed by atoms with Crippen LogP contribution >= 0.6 is 0 Å². The Bertz CT molecular complexity index is 4040. The molecule has 9 aromatic carbocycles. The molecule has 0 atom stereocenters. The standard InChI is InChI=1S/C60H40F2N6/c1-35-12-27-43(28-13-35)66-49-10-6-4-8-46(49)53-55(66)52-47-9-5-7-11-50(47)67(44-29-14-36(2)15-30-44)56(52)54-48-34-40(22-33-51(48)68(57(53)54)45-31-16-37(3)17-32-45)60-64-58(38-18-23-41(61)24-19-38)63-59(65-60)39-20-25-42(62)26-21-39/h4-34H,1-3H3. The van der Waals surface area contributed by atoms with Crippen molar-refractivity contribution in [3.8, 4) is 51.2 Å². The first kappa shape index (κ1) is 39.6. The van der Waals surface area contributed by atoms with Gasteiger partial charge < -0.3 is 13.7 Å². The van der Waals surface area contributed by atoms with E-state index in [2.05, 4.69) is 174 Å². The monoisotopic (exact) mass is 882 g/mol. The van der Waals surface area contributed by atoms with Crippen molar-refractivity contribution in [3.63, 3.8) is 0 Å². The summed E-state index contributed by atoms with van der Waals surface area (Å²) in [5.41, 5.74) is 15.3. The quantitative estimate of drug-likeness (QED) is 0.167. The number of para-hydroxylation sites is 2. The number of hydrogen-bond acceptors (Lipinski definition) is 3. The number of hydrogen-bond donors (Lipinski definition) is 0. The van der Waals surface area contributed by atoms with Crippen LogP contribution in [-0.2, 0) is 0 Å². The van der Waals surface area contributed by atoms with Crippen molar-refractivity contribution < 1.29 is 8.78 Å². The van der Waals surface area contributed by atoms with Crippen molar-refractivity contribution in [3.05, 3.63) is 216 Å². The lowest BCUT2D eigenvalue weighted by Gasteiger charge is -2.14. The molecule has 0 aliphatic carbocycles. The molecule has 0 saturated carbocycles. The fourth-order valence-electron chi connectivity index (χ4n) is 10.2. The van der Waals surface area contributed by atoms with E-state index in [1.807, 2.05) is 0 Å². The van der Waals surface area contributed by atoms with Gasteiger partial charge >= 0.3 is 0 Å². The molecule has 13 aromatic rings. The molecule has 0 bridgehead atoms. The van der Waals surface area contributed by atoms with Crippen LogP contribution in [0.25, 0.3) is 117 Å². The van der Waals surface area contributed by atoms with Crippen LogP contribution < -0.4 is 0 Å². The largest absolute Gasteiger partial charge is 0.308 e. The van der Waals surface area contributed by atoms with Gasteiger partial charge in [-0.25, -0.2) is 23.7 Å². The molecular weight excluding hydrogens is 843 g/mol. The molecule has 0 saturated heterocycles. The number of fused-ring (bicyclic) bond motifs is 12. The Morgan fingerprint density at radius 3 is 1.04 bits per heavy atom. The van der Waals surface area contributed by atoms with Crippen LogP contribution in [0.2, 0.25) is 0 Å². The first-order valence-corrected chi connectivity index (χ1v) is 22.7. The number of halogens is 2. The summed E-state index contributed by atoms with van der Waals surface area (Å²) in [6.07, 6.45) is 0. The van der Waals surface area contributed by atoms with Crippen LogP contribution in [0.15, 0.2) is 188 Å². The lowest BCUT2D eigenvalue weighted by atomic mass is 10.0. The van der Waals surface area contributed by atoms with Crippen LogP contribution in [-0.4, -0.2) is 28.7 Å². The maximum Gasteiger partial charge on any atom is 0.164 e. The Hall–Kier alpha value is -8.75. The van der Waals surface area contributed by atoms with Crippen LogP contribution in [0.5, 0.6) is 0 Å². The molecule has 0 N–H and O–H groups in total. The Labute approximate surface area is 389 Å². The predicted molar refractivity (Wildman–Crippen MR) is 273 cm³/mol. The lowest BCUT2D eigenvalue weighted by molar-refractivity contribution is 0.627. The number of aromatic nitrogens is 6. The third-order valence-corrected chi connectivity index (χ3v) is 13.4. The fraction of sp³-hybridized carbons (Fsp3) is 0.0500. The molecule has 0 aliphatic heterocycles. The molecule has 6 nitrogen and oxygen atoms in total. The highest BCUT2D eigenvalue weighted by molar-refractivity contribution is 6.40. The van der Waals surface area contributed by atoms with Gasteiger partial charge in [-0.3, -0.25) is 0 Å². The van der Waals surface area contributed by atoms with Crippen molar-refractivity contribution in [2.45, 2.75) is 20.8 Å². The Kier molecular flexibility index (Phi) is 8.82. The average molecular weight is 883 g/mol. The third-order valence-electron chi connectivity index (χ3n) is 13.4. The van der Waals surface area contributed by atoms with E-state index in [0.717, 1.165) is 88.0 Å². The maximum atomic E-state index is 14.3. The van der Waals surface area contributed by atoms with Crippen LogP contribution in [0, 0.1) is 32.4 Å². The Morgan fingerprint density at radius 1 is 0.324 bits per heavy atom. The maximum absolute atomic E-state index is 14.3. The second-order valence-electron chi connectivity index (χ2n) is 17.8. The smallest absolute Gasteiger partial charge is 0.164 e. The number of rotatable bonds is 6. The molecule has 0 fully saturated rings. The number of aryl methyl sites for hydroxylation is 3. The zero-order chi connectivity index (χ0) is 45.8. The zero-order valence-corrected chi connectivity index (χ0v) is 37.3. The topological polar surface area (TPSA) is 53.5 Å². The molecule has 0 unspecified atom stereocenters. The van der Waals surface area contributed by atoms with Crippen LogP contribution in [0.1, 0.15) is 16.7 Å². The summed E-state index contributed by atoms with van der Waals surface area (Å²) in [5.74, 6) is 0.475. The third kappa shape index (κ3) is 6.11. The molecule has 0 aliphatic rings. The molecule has 0 radical (unpaired) electrons. The minimum absolute atomic E-state index is 0.359. The summed E-state index contributed by atoms with van der Waals surface area (Å²) >= 11 is 0. The summed E-state index contributed by atoms with van der Waals surface area (Å²) in [7, 11) is 0. The molecule has 4 aromatic heterocycles. The van der Waals surface area contributed by atoms with E-state index in [4.69, 9.17) is 15.0 Å². The Morgan fingerprint density at radius 2 is 0.647 bits per heavy atom. The van der Waals surface area contributed by atoms with Gasteiger partial charge in [-0.05, 0) is 136 Å². The summed E-state index contributed by atoms with van der Waals surface area (Å²) in [5, 5.41) is 6.67. The summed E-state index contributed by atoms with van der Waals surface area (Å²) < 4.78 is 35.9. The number of benzene rings is 9. The highest BCUT2D eigenvalue weighted by atomic mass is 19.1. The van der Waals surface area contributed by atoms with Crippen molar-refractivity contribution >= 4 is 65.4 Å².